The second-order valence-corrected chi connectivity index (χ2v) is 8.61. The van der Waals surface area contributed by atoms with Gasteiger partial charge in [-0.05, 0) is 56.4 Å². The summed E-state index contributed by atoms with van der Waals surface area (Å²) in [6, 6.07) is 3.77. The molecule has 1 saturated heterocycles. The van der Waals surface area contributed by atoms with E-state index >= 15 is 0 Å². The molecule has 0 aromatic carbocycles. The highest BCUT2D eigenvalue weighted by molar-refractivity contribution is 5.83. The Morgan fingerprint density at radius 2 is 2.00 bits per heavy atom. The van der Waals surface area contributed by atoms with Gasteiger partial charge in [0.15, 0.2) is 5.43 Å². The number of pyridine rings is 2. The highest BCUT2D eigenvalue weighted by Crippen LogP contribution is 2.28. The van der Waals surface area contributed by atoms with Gasteiger partial charge in [0, 0.05) is 42.8 Å². The van der Waals surface area contributed by atoms with Crippen LogP contribution in [-0.4, -0.2) is 40.8 Å². The first-order valence-corrected chi connectivity index (χ1v) is 11.6. The number of nitrogens with one attached hydrogen (secondary N) is 1. The van der Waals surface area contributed by atoms with Crippen LogP contribution < -0.4 is 10.7 Å². The van der Waals surface area contributed by atoms with Gasteiger partial charge in [0.2, 0.25) is 0 Å². The van der Waals surface area contributed by atoms with E-state index in [9.17, 15) is 4.79 Å². The third-order valence-corrected chi connectivity index (χ3v) is 6.33. The summed E-state index contributed by atoms with van der Waals surface area (Å²) in [5.74, 6) is 0.773. The van der Waals surface area contributed by atoms with E-state index in [1.54, 1.807) is 6.07 Å². The van der Waals surface area contributed by atoms with Gasteiger partial charge < -0.3 is 10.1 Å². The van der Waals surface area contributed by atoms with E-state index in [4.69, 9.17) is 9.72 Å². The Balaban J connectivity index is 1.62. The summed E-state index contributed by atoms with van der Waals surface area (Å²) in [7, 11) is 0. The lowest BCUT2D eigenvalue weighted by atomic mass is 10.1. The van der Waals surface area contributed by atoms with Crippen molar-refractivity contribution in [3.8, 4) is 0 Å². The molecule has 0 spiro atoms. The van der Waals surface area contributed by atoms with Gasteiger partial charge in [0.1, 0.15) is 11.5 Å². The van der Waals surface area contributed by atoms with E-state index in [0.29, 0.717) is 5.39 Å². The molecule has 0 amide bonds. The number of allylic oxidation sites excluding steroid dienone is 7. The number of morpholine rings is 1. The highest BCUT2D eigenvalue weighted by Gasteiger charge is 2.19. The molecule has 1 aliphatic heterocycles. The van der Waals surface area contributed by atoms with Crippen molar-refractivity contribution in [3.63, 3.8) is 0 Å². The van der Waals surface area contributed by atoms with Crippen molar-refractivity contribution in [1.29, 1.82) is 0 Å². The molecule has 6 nitrogen and oxygen atoms in total. The quantitative estimate of drug-likeness (QED) is 0.763. The second-order valence-electron chi connectivity index (χ2n) is 8.61. The van der Waals surface area contributed by atoms with Crippen LogP contribution in [0, 0.1) is 6.92 Å². The molecule has 1 fully saturated rings. The number of aryl methyl sites for hydroxylation is 1. The second kappa shape index (κ2) is 9.27. The Kier molecular flexibility index (Phi) is 6.06. The Bertz CT molecular complexity index is 1200. The van der Waals surface area contributed by atoms with Crippen LogP contribution in [0.2, 0.25) is 0 Å². The van der Waals surface area contributed by atoms with Crippen molar-refractivity contribution >= 4 is 22.5 Å². The lowest BCUT2D eigenvalue weighted by Crippen LogP contribution is -2.36. The van der Waals surface area contributed by atoms with E-state index < -0.39 is 0 Å². The van der Waals surface area contributed by atoms with Crippen molar-refractivity contribution < 1.29 is 4.74 Å². The molecule has 0 unspecified atom stereocenters. The van der Waals surface area contributed by atoms with Gasteiger partial charge in [0.25, 0.3) is 0 Å². The summed E-state index contributed by atoms with van der Waals surface area (Å²) in [6.07, 6.45) is 16.8. The van der Waals surface area contributed by atoms with Crippen LogP contribution >= 0.6 is 0 Å². The van der Waals surface area contributed by atoms with Crippen molar-refractivity contribution in [1.82, 2.24) is 14.5 Å². The number of aromatic nitrogens is 2. The van der Waals surface area contributed by atoms with E-state index in [0.717, 1.165) is 92.6 Å². The van der Waals surface area contributed by atoms with Crippen LogP contribution in [-0.2, 0) is 11.3 Å². The summed E-state index contributed by atoms with van der Waals surface area (Å²) in [5.41, 5.74) is 4.98. The van der Waals surface area contributed by atoms with E-state index in [1.165, 1.54) is 0 Å². The van der Waals surface area contributed by atoms with Crippen molar-refractivity contribution in [3.05, 3.63) is 75.8 Å². The lowest BCUT2D eigenvalue weighted by Gasteiger charge is -2.27. The predicted octanol–water partition coefficient (Wildman–Crippen LogP) is 4.37. The maximum atomic E-state index is 13.2. The molecular formula is C26H30N4O2. The fourth-order valence-electron chi connectivity index (χ4n) is 4.54. The molecule has 6 heteroatoms. The number of nitrogens with zero attached hydrogens (tertiary/aromatic N) is 3. The molecule has 0 saturated carbocycles. The van der Waals surface area contributed by atoms with E-state index in [2.05, 4.69) is 57.3 Å². The van der Waals surface area contributed by atoms with Crippen LogP contribution in [0.1, 0.15) is 36.9 Å². The minimum Gasteiger partial charge on any atom is -0.379 e. The number of rotatable bonds is 5. The number of hydrogen-bond acceptors (Lipinski definition) is 5. The summed E-state index contributed by atoms with van der Waals surface area (Å²) in [5, 5.41) is 4.16. The Morgan fingerprint density at radius 3 is 2.75 bits per heavy atom. The summed E-state index contributed by atoms with van der Waals surface area (Å²) in [6.45, 7) is 6.17. The van der Waals surface area contributed by atoms with Crippen LogP contribution in [0.15, 0.2) is 59.1 Å². The van der Waals surface area contributed by atoms with Crippen molar-refractivity contribution in [2.45, 2.75) is 39.2 Å². The highest BCUT2D eigenvalue weighted by atomic mass is 16.5. The monoisotopic (exact) mass is 430 g/mol. The third-order valence-electron chi connectivity index (χ3n) is 6.33. The minimum absolute atomic E-state index is 0.00168. The minimum atomic E-state index is 0.00168. The van der Waals surface area contributed by atoms with Gasteiger partial charge in [-0.2, -0.15) is 0 Å². The van der Waals surface area contributed by atoms with Crippen LogP contribution in [0.4, 0.5) is 5.82 Å². The average Bonchev–Trinajstić information content (AvgIpc) is 2.82. The van der Waals surface area contributed by atoms with Crippen LogP contribution in [0.5, 0.6) is 0 Å². The predicted molar refractivity (Wildman–Crippen MR) is 130 cm³/mol. The summed E-state index contributed by atoms with van der Waals surface area (Å²) >= 11 is 0. The number of anilines is 1. The number of ether oxygens (including phenoxy) is 1. The van der Waals surface area contributed by atoms with Gasteiger partial charge in [-0.1, -0.05) is 24.3 Å². The zero-order chi connectivity index (χ0) is 21.9. The molecule has 1 N–H and O–H groups in total. The van der Waals surface area contributed by atoms with Gasteiger partial charge in [-0.15, -0.1) is 0 Å². The SMILES string of the molecule is Cc1nc2c(cc1CN1CCOCC1)c(=O)cc(NC1=CCCC=C1)n2C1=CC=CCC1. The van der Waals surface area contributed by atoms with Crippen LogP contribution in [0.25, 0.3) is 16.7 Å². The van der Waals surface area contributed by atoms with Crippen molar-refractivity contribution in [2.75, 3.05) is 31.6 Å². The molecule has 0 radical (unpaired) electrons. The molecule has 2 aromatic rings. The van der Waals surface area contributed by atoms with Gasteiger partial charge in [-0.25, -0.2) is 4.98 Å². The molecule has 32 heavy (non-hydrogen) atoms. The standard InChI is InChI=1S/C26H30N4O2/c1-19-20(18-29-12-14-32-15-13-29)16-23-24(31)17-25(28-21-8-4-2-5-9-21)30(26(23)27-19)22-10-6-3-7-11-22/h3-4,6,8-10,16-17,28H,2,5,7,11-15,18H2,1H3. The first kappa shape index (κ1) is 20.9. The summed E-state index contributed by atoms with van der Waals surface area (Å²) < 4.78 is 7.61. The van der Waals surface area contributed by atoms with E-state index in [-0.39, 0.29) is 5.43 Å². The van der Waals surface area contributed by atoms with E-state index in [1.807, 2.05) is 6.92 Å². The maximum absolute atomic E-state index is 13.2. The third kappa shape index (κ3) is 4.33. The molecule has 0 bridgehead atoms. The zero-order valence-corrected chi connectivity index (χ0v) is 18.6. The molecule has 5 rings (SSSR count). The zero-order valence-electron chi connectivity index (χ0n) is 18.6. The Hall–Kier alpha value is -2.96. The van der Waals surface area contributed by atoms with Gasteiger partial charge in [0.05, 0.1) is 18.6 Å². The van der Waals surface area contributed by atoms with Crippen molar-refractivity contribution in [2.24, 2.45) is 0 Å². The maximum Gasteiger partial charge on any atom is 0.193 e. The molecule has 3 heterocycles. The number of fused-ring (bicyclic) bond motifs is 1. The lowest BCUT2D eigenvalue weighted by molar-refractivity contribution is 0.0341. The topological polar surface area (TPSA) is 59.4 Å². The Labute approximate surface area is 188 Å². The van der Waals surface area contributed by atoms with Crippen LogP contribution in [0.3, 0.4) is 0 Å². The Morgan fingerprint density at radius 1 is 1.12 bits per heavy atom. The fraction of sp³-hybridized carbons (Fsp3) is 0.385. The first-order chi connectivity index (χ1) is 15.7. The fourth-order valence-corrected chi connectivity index (χ4v) is 4.54. The molecule has 166 valence electrons. The van der Waals surface area contributed by atoms with Gasteiger partial charge >= 0.3 is 0 Å². The molecular weight excluding hydrogens is 400 g/mol. The average molecular weight is 431 g/mol. The molecule has 3 aliphatic rings. The molecule has 0 atom stereocenters. The normalized spacial score (nSPS) is 19.2. The smallest absolute Gasteiger partial charge is 0.193 e. The largest absolute Gasteiger partial charge is 0.379 e. The number of hydrogen-bond donors (Lipinski definition) is 1. The first-order valence-electron chi connectivity index (χ1n) is 11.6. The molecule has 2 aliphatic carbocycles. The summed E-state index contributed by atoms with van der Waals surface area (Å²) in [4.78, 5) is 20.6. The molecule has 2 aromatic heterocycles. The van der Waals surface area contributed by atoms with Gasteiger partial charge in [-0.3, -0.25) is 14.3 Å².